The summed E-state index contributed by atoms with van der Waals surface area (Å²) in [5.41, 5.74) is 6.42. The average Bonchev–Trinajstić information content (AvgIpc) is 2.75. The second kappa shape index (κ2) is 10.0. The number of likely N-dealkylation sites (tertiary alicyclic amines) is 1. The number of nitrogens with one attached hydrogen (secondary N) is 2. The van der Waals surface area contributed by atoms with Gasteiger partial charge >= 0.3 is 0 Å². The van der Waals surface area contributed by atoms with Crippen LogP contribution in [0.25, 0.3) is 0 Å². The van der Waals surface area contributed by atoms with E-state index in [4.69, 9.17) is 17.3 Å². The fourth-order valence-electron chi connectivity index (χ4n) is 4.29. The summed E-state index contributed by atoms with van der Waals surface area (Å²) in [4.78, 5) is 27.0. The van der Waals surface area contributed by atoms with Gasteiger partial charge in [0.05, 0.1) is 5.75 Å². The molecule has 1 saturated carbocycles. The smallest absolute Gasteiger partial charge is 0.248 e. The zero-order valence-electron chi connectivity index (χ0n) is 16.7. The highest BCUT2D eigenvalue weighted by Crippen LogP contribution is 2.34. The number of nitrogens with zero attached hydrogens (tertiary/aromatic N) is 1. The first-order valence-corrected chi connectivity index (χ1v) is 11.4. The standard InChI is InChI=1S/C21H31ClN4O2S/c22-16-1-3-18(4-2-16)25-21(9-5-17(23)6-10-21)20(28)26-11-7-15(8-12-26)13-24-19(27)14-29/h1-4,15,17,25,29H,5-14,23H2,(H,24,27). The van der Waals surface area contributed by atoms with E-state index in [1.54, 1.807) is 0 Å². The Labute approximate surface area is 183 Å². The SMILES string of the molecule is NC1CCC(Nc2ccc(Cl)cc2)(C(=O)N2CCC(CNC(=O)CS)CC2)CC1. The van der Waals surface area contributed by atoms with Gasteiger partial charge in [-0.15, -0.1) is 0 Å². The summed E-state index contributed by atoms with van der Waals surface area (Å²) >= 11 is 10.00. The number of hydrogen-bond acceptors (Lipinski definition) is 5. The lowest BCUT2D eigenvalue weighted by molar-refractivity contribution is -0.138. The van der Waals surface area contributed by atoms with Crippen LogP contribution in [-0.4, -0.2) is 53.7 Å². The van der Waals surface area contributed by atoms with Crippen molar-refractivity contribution >= 4 is 41.7 Å². The normalized spacial score (nSPS) is 25.5. The molecule has 0 unspecified atom stereocenters. The van der Waals surface area contributed by atoms with Crippen LogP contribution in [0.5, 0.6) is 0 Å². The van der Waals surface area contributed by atoms with Gasteiger partial charge in [0, 0.05) is 36.4 Å². The van der Waals surface area contributed by atoms with E-state index in [9.17, 15) is 9.59 Å². The number of rotatable bonds is 6. The Morgan fingerprint density at radius 1 is 1.14 bits per heavy atom. The van der Waals surface area contributed by atoms with Gasteiger partial charge in [-0.2, -0.15) is 12.6 Å². The van der Waals surface area contributed by atoms with Crippen LogP contribution < -0.4 is 16.4 Å². The molecule has 2 fully saturated rings. The Morgan fingerprint density at radius 2 is 1.76 bits per heavy atom. The maximum absolute atomic E-state index is 13.6. The summed E-state index contributed by atoms with van der Waals surface area (Å²) in [6, 6.07) is 7.66. The quantitative estimate of drug-likeness (QED) is 0.514. The fourth-order valence-corrected chi connectivity index (χ4v) is 4.53. The van der Waals surface area contributed by atoms with Gasteiger partial charge in [-0.05, 0) is 68.7 Å². The maximum Gasteiger partial charge on any atom is 0.248 e. The molecule has 1 heterocycles. The van der Waals surface area contributed by atoms with E-state index >= 15 is 0 Å². The molecular formula is C21H31ClN4O2S. The molecule has 0 bridgehead atoms. The molecule has 8 heteroatoms. The molecule has 6 nitrogen and oxygen atoms in total. The highest BCUT2D eigenvalue weighted by atomic mass is 35.5. The lowest BCUT2D eigenvalue weighted by Crippen LogP contribution is -2.58. The molecule has 2 amide bonds. The second-order valence-electron chi connectivity index (χ2n) is 8.25. The highest BCUT2D eigenvalue weighted by molar-refractivity contribution is 7.81. The molecule has 0 atom stereocenters. The van der Waals surface area contributed by atoms with Gasteiger partial charge in [-0.1, -0.05) is 11.6 Å². The van der Waals surface area contributed by atoms with Crippen LogP contribution in [0.2, 0.25) is 5.02 Å². The maximum atomic E-state index is 13.6. The number of thiol groups is 1. The van der Waals surface area contributed by atoms with E-state index in [0.29, 0.717) is 17.5 Å². The van der Waals surface area contributed by atoms with Gasteiger partial charge in [-0.25, -0.2) is 0 Å². The molecular weight excluding hydrogens is 408 g/mol. The molecule has 29 heavy (non-hydrogen) atoms. The largest absolute Gasteiger partial charge is 0.371 e. The lowest BCUT2D eigenvalue weighted by Gasteiger charge is -2.44. The van der Waals surface area contributed by atoms with Gasteiger partial charge in [-0.3, -0.25) is 9.59 Å². The van der Waals surface area contributed by atoms with Crippen molar-refractivity contribution in [1.29, 1.82) is 0 Å². The Morgan fingerprint density at radius 3 is 2.34 bits per heavy atom. The molecule has 3 rings (SSSR count). The van der Waals surface area contributed by atoms with Crippen LogP contribution in [-0.2, 0) is 9.59 Å². The van der Waals surface area contributed by atoms with E-state index in [1.807, 2.05) is 29.2 Å². The Hall–Kier alpha value is -1.44. The second-order valence-corrected chi connectivity index (χ2v) is 9.00. The Bertz CT molecular complexity index is 699. The minimum Gasteiger partial charge on any atom is -0.371 e. The van der Waals surface area contributed by atoms with Gasteiger partial charge in [0.25, 0.3) is 0 Å². The minimum absolute atomic E-state index is 0.0449. The number of nitrogens with two attached hydrogens (primary N) is 1. The number of carbonyl (C=O) groups is 2. The molecule has 1 saturated heterocycles. The molecule has 1 aliphatic carbocycles. The van der Waals surface area contributed by atoms with E-state index in [-0.39, 0.29) is 23.6 Å². The lowest BCUT2D eigenvalue weighted by atomic mass is 9.77. The van der Waals surface area contributed by atoms with Gasteiger partial charge in [0.1, 0.15) is 5.54 Å². The van der Waals surface area contributed by atoms with E-state index in [1.165, 1.54) is 0 Å². The van der Waals surface area contributed by atoms with Gasteiger partial charge < -0.3 is 21.3 Å². The molecule has 4 N–H and O–H groups in total. The summed E-state index contributed by atoms with van der Waals surface area (Å²) in [6.45, 7) is 2.09. The monoisotopic (exact) mass is 438 g/mol. The summed E-state index contributed by atoms with van der Waals surface area (Å²) in [6.07, 6.45) is 4.92. The van der Waals surface area contributed by atoms with Gasteiger partial charge in [0.15, 0.2) is 0 Å². The number of hydrogen-bond donors (Lipinski definition) is 4. The van der Waals surface area contributed by atoms with Crippen molar-refractivity contribution in [2.75, 3.05) is 30.7 Å². The van der Waals surface area contributed by atoms with Crippen molar-refractivity contribution in [3.8, 4) is 0 Å². The zero-order chi connectivity index (χ0) is 20.9. The number of benzene rings is 1. The van der Waals surface area contributed by atoms with Crippen LogP contribution in [0.15, 0.2) is 24.3 Å². The number of halogens is 1. The van der Waals surface area contributed by atoms with Crippen LogP contribution in [0.3, 0.4) is 0 Å². The summed E-state index contributed by atoms with van der Waals surface area (Å²) in [5, 5.41) is 7.11. The van der Waals surface area contributed by atoms with E-state index in [0.717, 1.165) is 57.3 Å². The first-order chi connectivity index (χ1) is 13.9. The minimum atomic E-state index is -0.614. The Balaban J connectivity index is 1.64. The van der Waals surface area contributed by atoms with Crippen LogP contribution in [0.1, 0.15) is 38.5 Å². The molecule has 0 spiro atoms. The van der Waals surface area contributed by atoms with Gasteiger partial charge in [0.2, 0.25) is 11.8 Å². The van der Waals surface area contributed by atoms with Crippen LogP contribution in [0.4, 0.5) is 5.69 Å². The molecule has 2 aliphatic rings. The number of anilines is 1. The fraction of sp³-hybridized carbons (Fsp3) is 0.619. The number of carbonyl (C=O) groups excluding carboxylic acids is 2. The first kappa shape index (κ1) is 22.2. The summed E-state index contributed by atoms with van der Waals surface area (Å²) in [7, 11) is 0. The van der Waals surface area contributed by atoms with Crippen LogP contribution >= 0.6 is 24.2 Å². The van der Waals surface area contributed by atoms with Crippen molar-refractivity contribution in [2.24, 2.45) is 11.7 Å². The van der Waals surface area contributed by atoms with Crippen molar-refractivity contribution < 1.29 is 9.59 Å². The van der Waals surface area contributed by atoms with Crippen molar-refractivity contribution in [1.82, 2.24) is 10.2 Å². The molecule has 0 radical (unpaired) electrons. The van der Waals surface area contributed by atoms with Crippen LogP contribution in [0, 0.1) is 5.92 Å². The number of amides is 2. The van der Waals surface area contributed by atoms with Crippen molar-refractivity contribution in [2.45, 2.75) is 50.1 Å². The van der Waals surface area contributed by atoms with Crippen molar-refractivity contribution in [3.05, 3.63) is 29.3 Å². The third-order valence-corrected chi connectivity index (χ3v) is 6.69. The molecule has 160 valence electrons. The number of piperidine rings is 1. The third kappa shape index (κ3) is 5.80. The molecule has 1 aromatic carbocycles. The summed E-state index contributed by atoms with van der Waals surface area (Å²) < 4.78 is 0. The highest BCUT2D eigenvalue weighted by Gasteiger charge is 2.44. The zero-order valence-corrected chi connectivity index (χ0v) is 18.4. The summed E-state index contributed by atoms with van der Waals surface area (Å²) in [5.74, 6) is 0.731. The molecule has 0 aromatic heterocycles. The molecule has 1 aliphatic heterocycles. The van der Waals surface area contributed by atoms with E-state index in [2.05, 4.69) is 23.3 Å². The predicted molar refractivity (Wildman–Crippen MR) is 120 cm³/mol. The van der Waals surface area contributed by atoms with Crippen molar-refractivity contribution in [3.63, 3.8) is 0 Å². The Kier molecular flexibility index (Phi) is 7.71. The average molecular weight is 439 g/mol. The molecule has 1 aromatic rings. The topological polar surface area (TPSA) is 87.5 Å². The first-order valence-electron chi connectivity index (χ1n) is 10.4. The van der Waals surface area contributed by atoms with E-state index < -0.39 is 5.54 Å². The third-order valence-electron chi connectivity index (χ3n) is 6.15. The predicted octanol–water partition coefficient (Wildman–Crippen LogP) is 2.68.